The molecule has 2 aromatic heterocycles. The zero-order valence-corrected chi connectivity index (χ0v) is 36.0. The first-order valence-electron chi connectivity index (χ1n) is 21.2. The largest absolute Gasteiger partial charge is 0.447 e. The Hall–Kier alpha value is -5.40. The highest BCUT2D eigenvalue weighted by Gasteiger charge is 2.40. The van der Waals surface area contributed by atoms with E-state index in [1.54, 1.807) is 27.7 Å². The number of nitrogens with one attached hydrogen (secondary N) is 4. The van der Waals surface area contributed by atoms with Gasteiger partial charge in [-0.3, -0.25) is 9.59 Å². The second kappa shape index (κ2) is 18.3. The number of amides is 4. The summed E-state index contributed by atoms with van der Waals surface area (Å²) in [5, 5.41) is 5.57. The predicted octanol–water partition coefficient (Wildman–Crippen LogP) is 7.75. The molecule has 1 aromatic carbocycles. The fourth-order valence-electron chi connectivity index (χ4n) is 8.20. The summed E-state index contributed by atoms with van der Waals surface area (Å²) in [4.78, 5) is 72.5. The van der Waals surface area contributed by atoms with Gasteiger partial charge in [-0.05, 0) is 88.3 Å². The second-order valence-electron chi connectivity index (χ2n) is 17.6. The highest BCUT2D eigenvalue weighted by molar-refractivity contribution is 5.87. The van der Waals surface area contributed by atoms with Crippen LogP contribution in [0.2, 0.25) is 0 Å². The average Bonchev–Trinajstić information content (AvgIpc) is 4.02. The summed E-state index contributed by atoms with van der Waals surface area (Å²) in [5.41, 5.74) is 4.75. The number of carbonyl (C=O) groups excluding carboxylic acids is 4. The summed E-state index contributed by atoms with van der Waals surface area (Å²) in [5.74, 6) is 1.01. The van der Waals surface area contributed by atoms with Gasteiger partial charge in [0.25, 0.3) is 0 Å². The minimum atomic E-state index is -0.696. The molecule has 3 aliphatic rings. The van der Waals surface area contributed by atoms with Crippen molar-refractivity contribution in [3.63, 3.8) is 0 Å². The van der Waals surface area contributed by atoms with Crippen molar-refractivity contribution in [2.24, 2.45) is 11.8 Å². The van der Waals surface area contributed by atoms with Crippen LogP contribution in [-0.2, 0) is 24.5 Å². The third-order valence-electron chi connectivity index (χ3n) is 11.5. The first-order chi connectivity index (χ1) is 28.0. The van der Waals surface area contributed by atoms with E-state index in [1.807, 2.05) is 49.9 Å². The first-order valence-corrected chi connectivity index (χ1v) is 21.2. The topological polar surface area (TPSA) is 175 Å². The van der Waals surface area contributed by atoms with Gasteiger partial charge in [-0.25, -0.2) is 19.6 Å². The molecule has 5 atom stereocenters. The van der Waals surface area contributed by atoms with Crippen molar-refractivity contribution >= 4 is 29.6 Å². The van der Waals surface area contributed by atoms with E-state index >= 15 is 0 Å². The number of nitrogens with zero attached hydrogens (tertiary/aromatic N) is 4. The monoisotopic (exact) mass is 810 g/mol. The van der Waals surface area contributed by atoms with Crippen LogP contribution < -0.4 is 10.6 Å². The zero-order chi connectivity index (χ0) is 42.6. The number of hydrogen-bond donors (Lipinski definition) is 4. The Morgan fingerprint density at radius 3 is 1.69 bits per heavy atom. The number of aromatic amines is 2. The fourth-order valence-corrected chi connectivity index (χ4v) is 8.20. The Morgan fingerprint density at radius 1 is 0.729 bits per heavy atom. The van der Waals surface area contributed by atoms with Crippen molar-refractivity contribution in [1.82, 2.24) is 40.4 Å². The molecular formula is C45H62N8O6. The number of ether oxygens (including phenoxy) is 2. The van der Waals surface area contributed by atoms with Gasteiger partial charge in [-0.1, -0.05) is 77.1 Å². The van der Waals surface area contributed by atoms with Gasteiger partial charge >= 0.3 is 12.2 Å². The maximum Gasteiger partial charge on any atom is 0.408 e. The molecule has 4 N–H and O–H groups in total. The van der Waals surface area contributed by atoms with Gasteiger partial charge in [0.05, 0.1) is 36.2 Å². The van der Waals surface area contributed by atoms with E-state index in [1.165, 1.54) is 0 Å². The SMILES string of the molecule is CC(C)OC(=O)N[C@H](C(=O)N1CCCC1c1ncc(C2(C)C=CC(c3ccc(-c4cnc([C@@H]5CCCN5C(=O)[C@@H](NC(=O)OC(C)C)C(C)C)[nH]4)cc3)=CC2)[nH]1)C(C)C. The standard InChI is InChI=1S/C45H62N8O6/c1-26(2)37(50-43(56)58-28(5)6)41(54)52-22-10-12-34(52)39-46-24-33(48-39)32-16-14-30(15-17-32)31-18-20-45(9,21-19-31)36-25-47-40(49-36)35-13-11-23-53(35)42(55)38(27(3)4)51-44(57)59-29(7)8/h14-20,24-29,34-35,37-38H,10-13,21-23H2,1-9H3,(H,46,48)(H,47,49)(H,50,56)(H,51,57)/t34-,35?,37-,38-,45?/m0/s1. The van der Waals surface area contributed by atoms with Crippen molar-refractivity contribution in [2.75, 3.05) is 13.1 Å². The van der Waals surface area contributed by atoms with E-state index in [-0.39, 0.29) is 53.4 Å². The Labute approximate surface area is 348 Å². The molecule has 4 heterocycles. The molecule has 318 valence electrons. The van der Waals surface area contributed by atoms with Crippen LogP contribution >= 0.6 is 0 Å². The van der Waals surface area contributed by atoms with Crippen LogP contribution in [0, 0.1) is 11.8 Å². The molecule has 14 nitrogen and oxygen atoms in total. The summed E-state index contributed by atoms with van der Waals surface area (Å²) in [6.45, 7) is 18.2. The molecule has 2 unspecified atom stereocenters. The Morgan fingerprint density at radius 2 is 1.22 bits per heavy atom. The molecule has 6 rings (SSSR count). The van der Waals surface area contributed by atoms with Crippen LogP contribution in [0.25, 0.3) is 16.8 Å². The van der Waals surface area contributed by atoms with Gasteiger partial charge < -0.3 is 39.9 Å². The minimum absolute atomic E-state index is 0.110. The number of hydrogen-bond acceptors (Lipinski definition) is 8. The molecule has 1 aliphatic carbocycles. The van der Waals surface area contributed by atoms with Gasteiger partial charge in [0.2, 0.25) is 11.8 Å². The van der Waals surface area contributed by atoms with Crippen molar-refractivity contribution in [1.29, 1.82) is 0 Å². The molecule has 0 saturated carbocycles. The molecule has 59 heavy (non-hydrogen) atoms. The van der Waals surface area contributed by atoms with Gasteiger partial charge in [0.1, 0.15) is 23.7 Å². The number of H-pyrrole nitrogens is 2. The maximum absolute atomic E-state index is 13.8. The molecule has 2 saturated heterocycles. The van der Waals surface area contributed by atoms with Crippen molar-refractivity contribution in [3.8, 4) is 11.3 Å². The molecule has 3 aromatic rings. The van der Waals surface area contributed by atoms with Crippen LogP contribution in [0.5, 0.6) is 0 Å². The number of carbonyl (C=O) groups is 4. The van der Waals surface area contributed by atoms with Crippen molar-refractivity contribution in [2.45, 2.75) is 136 Å². The van der Waals surface area contributed by atoms with E-state index in [9.17, 15) is 19.2 Å². The lowest BCUT2D eigenvalue weighted by Gasteiger charge is -2.30. The second-order valence-corrected chi connectivity index (χ2v) is 17.6. The van der Waals surface area contributed by atoms with E-state index < -0.39 is 24.3 Å². The third kappa shape index (κ3) is 9.91. The van der Waals surface area contributed by atoms with Gasteiger partial charge in [-0.15, -0.1) is 0 Å². The number of benzene rings is 1. The minimum Gasteiger partial charge on any atom is -0.447 e. The summed E-state index contributed by atoms with van der Waals surface area (Å²) in [7, 11) is 0. The zero-order valence-electron chi connectivity index (χ0n) is 36.0. The van der Waals surface area contributed by atoms with Gasteiger partial charge in [0.15, 0.2) is 0 Å². The van der Waals surface area contributed by atoms with Crippen LogP contribution in [0.4, 0.5) is 9.59 Å². The van der Waals surface area contributed by atoms with Crippen molar-refractivity contribution < 1.29 is 28.7 Å². The molecule has 14 heteroatoms. The van der Waals surface area contributed by atoms with E-state index in [0.29, 0.717) is 13.1 Å². The molecule has 0 bridgehead atoms. The van der Waals surface area contributed by atoms with Crippen molar-refractivity contribution in [3.05, 3.63) is 77.8 Å². The first kappa shape index (κ1) is 43.2. The average molecular weight is 811 g/mol. The smallest absolute Gasteiger partial charge is 0.408 e. The molecular weight excluding hydrogens is 749 g/mol. The lowest BCUT2D eigenvalue weighted by molar-refractivity contribution is -0.136. The third-order valence-corrected chi connectivity index (χ3v) is 11.5. The Balaban J connectivity index is 1.08. The number of rotatable bonds is 13. The molecule has 2 fully saturated rings. The maximum atomic E-state index is 13.8. The van der Waals surface area contributed by atoms with E-state index in [2.05, 4.69) is 70.0 Å². The molecule has 4 amide bonds. The van der Waals surface area contributed by atoms with Crippen LogP contribution in [-0.4, -0.2) is 91.1 Å². The number of likely N-dealkylation sites (tertiary alicyclic amines) is 2. The molecule has 2 aliphatic heterocycles. The van der Waals surface area contributed by atoms with Gasteiger partial charge in [-0.2, -0.15) is 0 Å². The van der Waals surface area contributed by atoms with Crippen LogP contribution in [0.1, 0.15) is 129 Å². The Kier molecular flexibility index (Phi) is 13.4. The molecule has 0 radical (unpaired) electrons. The van der Waals surface area contributed by atoms with E-state index in [4.69, 9.17) is 19.4 Å². The predicted molar refractivity (Wildman–Crippen MR) is 226 cm³/mol. The van der Waals surface area contributed by atoms with Crippen LogP contribution in [0.15, 0.2) is 54.9 Å². The van der Waals surface area contributed by atoms with Crippen LogP contribution in [0.3, 0.4) is 0 Å². The fraction of sp³-hybridized carbons (Fsp3) is 0.556. The molecule has 0 spiro atoms. The lowest BCUT2D eigenvalue weighted by Crippen LogP contribution is -2.51. The summed E-state index contributed by atoms with van der Waals surface area (Å²) < 4.78 is 10.5. The number of allylic oxidation sites excluding steroid dienone is 4. The Bertz CT molecular complexity index is 2030. The number of aromatic nitrogens is 4. The van der Waals surface area contributed by atoms with E-state index in [0.717, 1.165) is 71.8 Å². The highest BCUT2D eigenvalue weighted by Crippen LogP contribution is 2.38. The summed E-state index contributed by atoms with van der Waals surface area (Å²) >= 11 is 0. The quantitative estimate of drug-likeness (QED) is 0.136. The summed E-state index contributed by atoms with van der Waals surface area (Å²) in [6, 6.07) is 6.57. The van der Waals surface area contributed by atoms with Gasteiger partial charge in [0, 0.05) is 30.4 Å². The normalized spacial score (nSPS) is 21.6. The lowest BCUT2D eigenvalue weighted by atomic mass is 9.78. The number of imidazole rings is 2. The highest BCUT2D eigenvalue weighted by atomic mass is 16.6. The number of alkyl carbamates (subject to hydrolysis) is 2. The summed E-state index contributed by atoms with van der Waals surface area (Å²) in [6.07, 6.45) is 12.6.